The molecule has 0 aliphatic carbocycles. The molecule has 2 heterocycles. The van der Waals surface area contributed by atoms with Crippen LogP contribution in [0.25, 0.3) is 21.8 Å². The first-order chi connectivity index (χ1) is 18.7. The average Bonchev–Trinajstić information content (AvgIpc) is 2.96. The molecule has 0 spiro atoms. The van der Waals surface area contributed by atoms with Crippen molar-refractivity contribution in [1.82, 2.24) is 9.97 Å². The number of halogens is 2. The summed E-state index contributed by atoms with van der Waals surface area (Å²) in [5.74, 6) is -0.116. The molecule has 2 N–H and O–H groups in total. The van der Waals surface area contributed by atoms with Gasteiger partial charge in [-0.2, -0.15) is 0 Å². The van der Waals surface area contributed by atoms with Gasteiger partial charge < -0.3 is 24.4 Å². The van der Waals surface area contributed by atoms with E-state index in [2.05, 4.69) is 33.2 Å². The largest absolute Gasteiger partial charge is 0.494 e. The third-order valence-electron chi connectivity index (χ3n) is 4.70. The molecule has 0 atom stereocenters. The molecule has 0 unspecified atom stereocenters. The van der Waals surface area contributed by atoms with Gasteiger partial charge in [0.2, 0.25) is 0 Å². The average molecular weight is 579 g/mol. The maximum absolute atomic E-state index is 11.5. The van der Waals surface area contributed by atoms with Crippen molar-refractivity contribution in [3.05, 3.63) is 72.1 Å². The molecule has 206 valence electrons. The van der Waals surface area contributed by atoms with Gasteiger partial charge in [0.25, 0.3) is 0 Å². The molecule has 4 aromatic rings. The van der Waals surface area contributed by atoms with Crippen LogP contribution in [0, 0.1) is 0 Å². The number of carboxylic acids is 1. The SMILES string of the molecule is CO.COC(=O)c1ccnc2c(OC)cccc12.COc1cccc2c(C(=O)O)ccnc12.O=C(Cl)C(=O)Cl. The van der Waals surface area contributed by atoms with Gasteiger partial charge in [-0.3, -0.25) is 19.6 Å². The second-order valence-corrected chi connectivity index (χ2v) is 7.46. The summed E-state index contributed by atoms with van der Waals surface area (Å²) < 4.78 is 15.0. The number of methoxy groups -OCH3 is 3. The number of pyridine rings is 2. The van der Waals surface area contributed by atoms with Crippen LogP contribution in [0.5, 0.6) is 11.5 Å². The van der Waals surface area contributed by atoms with Crippen LogP contribution in [-0.4, -0.2) is 71.0 Å². The van der Waals surface area contributed by atoms with Crippen LogP contribution in [0.3, 0.4) is 0 Å². The summed E-state index contributed by atoms with van der Waals surface area (Å²) >= 11 is 8.98. The number of carbonyl (C=O) groups excluding carboxylic acids is 3. The highest BCUT2D eigenvalue weighted by atomic mass is 35.5. The number of hydrogen-bond acceptors (Lipinski definition) is 10. The Balaban J connectivity index is 0.000000309. The van der Waals surface area contributed by atoms with Crippen molar-refractivity contribution in [3.63, 3.8) is 0 Å². The van der Waals surface area contributed by atoms with Crippen molar-refractivity contribution in [2.75, 3.05) is 28.4 Å². The third-order valence-corrected chi connectivity index (χ3v) is 5.14. The van der Waals surface area contributed by atoms with Crippen molar-refractivity contribution in [2.45, 2.75) is 0 Å². The maximum atomic E-state index is 11.5. The lowest BCUT2D eigenvalue weighted by atomic mass is 10.1. The smallest absolute Gasteiger partial charge is 0.338 e. The Kier molecular flexibility index (Phi) is 13.8. The predicted molar refractivity (Wildman–Crippen MR) is 145 cm³/mol. The normalized spacial score (nSPS) is 9.41. The Morgan fingerprint density at radius 3 is 1.46 bits per heavy atom. The first-order valence-corrected chi connectivity index (χ1v) is 11.4. The number of benzene rings is 2. The number of hydrogen-bond donors (Lipinski definition) is 2. The molecule has 0 aliphatic heterocycles. The minimum absolute atomic E-state index is 0.235. The number of ether oxygens (including phenoxy) is 3. The number of carboxylic acid groups (broad SMARTS) is 1. The summed E-state index contributed by atoms with van der Waals surface area (Å²) in [7, 11) is 5.46. The standard InChI is InChI=1S/C12H11NO3.C11H9NO3.C2Cl2O2.CH4O/c1-15-10-5-3-4-8-9(12(14)16-2)6-7-13-11(8)10;1-15-9-4-2-3-7-8(11(13)14)5-6-12-10(7)9;3-1(5)2(4)6;1-2/h3-7H,1-2H3;2-6H,1H3,(H,13,14);;2H,1H3. The Bertz CT molecular complexity index is 1450. The summed E-state index contributed by atoms with van der Waals surface area (Å²) in [6.45, 7) is 0. The van der Waals surface area contributed by atoms with Crippen LogP contribution < -0.4 is 9.47 Å². The predicted octanol–water partition coefficient (Wildman–Crippen LogP) is 4.10. The molecule has 0 fully saturated rings. The van der Waals surface area contributed by atoms with E-state index < -0.39 is 16.5 Å². The molecule has 2 aromatic carbocycles. The molecule has 0 amide bonds. The molecule has 4 rings (SSSR count). The number of esters is 1. The Morgan fingerprint density at radius 2 is 1.10 bits per heavy atom. The molecule has 13 heteroatoms. The van der Waals surface area contributed by atoms with Gasteiger partial charge in [-0.05, 0) is 47.5 Å². The molecule has 11 nitrogen and oxygen atoms in total. The lowest BCUT2D eigenvalue weighted by Crippen LogP contribution is -2.02. The number of aromatic carboxylic acids is 1. The van der Waals surface area contributed by atoms with Gasteiger partial charge in [0.1, 0.15) is 22.5 Å². The zero-order chi connectivity index (χ0) is 29.5. The second-order valence-electron chi connectivity index (χ2n) is 6.77. The van der Waals surface area contributed by atoms with E-state index in [4.69, 9.17) is 24.4 Å². The number of aliphatic hydroxyl groups excluding tert-OH is 1. The fourth-order valence-electron chi connectivity index (χ4n) is 3.10. The van der Waals surface area contributed by atoms with Crippen LogP contribution in [0.4, 0.5) is 0 Å². The van der Waals surface area contributed by atoms with Crippen LogP contribution in [-0.2, 0) is 14.3 Å². The van der Waals surface area contributed by atoms with E-state index >= 15 is 0 Å². The molecule has 39 heavy (non-hydrogen) atoms. The molecular formula is C26H24Cl2N2O9. The van der Waals surface area contributed by atoms with E-state index in [0.29, 0.717) is 33.5 Å². The van der Waals surface area contributed by atoms with Gasteiger partial charge in [-0.25, -0.2) is 9.59 Å². The maximum Gasteiger partial charge on any atom is 0.338 e. The molecule has 0 aliphatic rings. The Morgan fingerprint density at radius 1 is 0.692 bits per heavy atom. The van der Waals surface area contributed by atoms with Gasteiger partial charge in [-0.15, -0.1) is 0 Å². The molecule has 2 aromatic heterocycles. The quantitative estimate of drug-likeness (QED) is 0.199. The van der Waals surface area contributed by atoms with Gasteiger partial charge >= 0.3 is 22.4 Å². The van der Waals surface area contributed by atoms with Crippen molar-refractivity contribution >= 4 is 67.4 Å². The van der Waals surface area contributed by atoms with Crippen molar-refractivity contribution in [1.29, 1.82) is 0 Å². The summed E-state index contributed by atoms with van der Waals surface area (Å²) in [5, 5.41) is 15.0. The lowest BCUT2D eigenvalue weighted by molar-refractivity contribution is -0.127. The van der Waals surface area contributed by atoms with E-state index in [1.165, 1.54) is 26.5 Å². The van der Waals surface area contributed by atoms with Crippen molar-refractivity contribution in [2.24, 2.45) is 0 Å². The highest BCUT2D eigenvalue weighted by Crippen LogP contribution is 2.26. The fraction of sp³-hybridized carbons (Fsp3) is 0.154. The number of carbonyl (C=O) groups is 4. The van der Waals surface area contributed by atoms with Crippen molar-refractivity contribution < 1.29 is 43.6 Å². The zero-order valence-electron chi connectivity index (χ0n) is 21.2. The van der Waals surface area contributed by atoms with Crippen molar-refractivity contribution in [3.8, 4) is 11.5 Å². The van der Waals surface area contributed by atoms with E-state index in [0.717, 1.165) is 12.5 Å². The zero-order valence-corrected chi connectivity index (χ0v) is 22.7. The number of rotatable bonds is 5. The number of aromatic nitrogens is 2. The van der Waals surface area contributed by atoms with E-state index in [1.807, 2.05) is 12.1 Å². The first kappa shape index (κ1) is 32.7. The molecule has 0 saturated carbocycles. The summed E-state index contributed by atoms with van der Waals surface area (Å²) in [6.07, 6.45) is 3.03. The monoisotopic (exact) mass is 578 g/mol. The second kappa shape index (κ2) is 16.5. The highest BCUT2D eigenvalue weighted by Gasteiger charge is 2.13. The van der Waals surface area contributed by atoms with E-state index in [1.54, 1.807) is 43.6 Å². The van der Waals surface area contributed by atoms with Gasteiger partial charge in [0, 0.05) is 30.3 Å². The Labute approximate surface area is 232 Å². The van der Waals surface area contributed by atoms with E-state index in [-0.39, 0.29) is 11.5 Å². The molecule has 0 saturated heterocycles. The summed E-state index contributed by atoms with van der Waals surface area (Å²) in [5.41, 5.74) is 1.96. The lowest BCUT2D eigenvalue weighted by Gasteiger charge is -2.07. The van der Waals surface area contributed by atoms with Crippen LogP contribution >= 0.6 is 23.2 Å². The fourth-order valence-corrected chi connectivity index (χ4v) is 3.10. The Hall–Kier alpha value is -4.32. The van der Waals surface area contributed by atoms with E-state index in [9.17, 15) is 19.2 Å². The molecular weight excluding hydrogens is 555 g/mol. The van der Waals surface area contributed by atoms with Crippen LogP contribution in [0.15, 0.2) is 60.9 Å². The number of para-hydroxylation sites is 2. The first-order valence-electron chi connectivity index (χ1n) is 10.6. The van der Waals surface area contributed by atoms with Crippen LogP contribution in [0.1, 0.15) is 20.7 Å². The minimum Gasteiger partial charge on any atom is -0.494 e. The third kappa shape index (κ3) is 8.88. The van der Waals surface area contributed by atoms with Crippen LogP contribution in [0.2, 0.25) is 0 Å². The van der Waals surface area contributed by atoms with Gasteiger partial charge in [-0.1, -0.05) is 24.3 Å². The molecule has 0 bridgehead atoms. The van der Waals surface area contributed by atoms with Gasteiger partial charge in [0.05, 0.1) is 32.5 Å². The summed E-state index contributed by atoms with van der Waals surface area (Å²) in [6, 6.07) is 13.8. The summed E-state index contributed by atoms with van der Waals surface area (Å²) in [4.78, 5) is 49.6. The number of fused-ring (bicyclic) bond motifs is 2. The highest BCUT2D eigenvalue weighted by molar-refractivity contribution is 6.97. The number of nitrogens with zero attached hydrogens (tertiary/aromatic N) is 2. The minimum atomic E-state index is -1.14. The van der Waals surface area contributed by atoms with Gasteiger partial charge in [0.15, 0.2) is 0 Å². The topological polar surface area (TPSA) is 162 Å². The molecule has 0 radical (unpaired) electrons. The number of aliphatic hydroxyl groups is 1.